The molecule has 5 heteroatoms. The number of anilines is 1. The standard InChI is InChI=1S/C7H12N2.C6H11N3.CH4/c1-2-6-9-7-4-3-5-8;1-2-5-9-6(7)3-4-8-9;/h6H,2-4,7H2,1H3;3-4H,2,5,7H2,1H3;1H4. The largest absolute Gasteiger partial charge is 0.384 e. The summed E-state index contributed by atoms with van der Waals surface area (Å²) in [6.45, 7) is 5.87. The third-order valence-electron chi connectivity index (χ3n) is 2.07. The number of nitrogens with two attached hydrogens (primary N) is 1. The number of aliphatic imine (C=N–C) groups is 1. The molecule has 0 aromatic carbocycles. The quantitative estimate of drug-likeness (QED) is 0.633. The second-order valence-corrected chi connectivity index (χ2v) is 3.74. The van der Waals surface area contributed by atoms with Gasteiger partial charge in [-0.1, -0.05) is 21.3 Å². The Labute approximate surface area is 117 Å². The molecule has 0 bridgehead atoms. The smallest absolute Gasteiger partial charge is 0.121 e. The lowest BCUT2D eigenvalue weighted by atomic mass is 10.3. The summed E-state index contributed by atoms with van der Waals surface area (Å²) in [7, 11) is 0. The van der Waals surface area contributed by atoms with E-state index in [1.165, 1.54) is 0 Å². The van der Waals surface area contributed by atoms with Gasteiger partial charge in [0.05, 0.1) is 12.3 Å². The first-order chi connectivity index (χ1) is 8.76. The van der Waals surface area contributed by atoms with Crippen LogP contribution in [0.3, 0.4) is 0 Å². The normalized spacial score (nSPS) is 9.32. The highest BCUT2D eigenvalue weighted by molar-refractivity contribution is 5.56. The molecule has 108 valence electrons. The average Bonchev–Trinajstić information content (AvgIpc) is 2.77. The monoisotopic (exact) mass is 265 g/mol. The van der Waals surface area contributed by atoms with Crippen LogP contribution < -0.4 is 5.73 Å². The second-order valence-electron chi connectivity index (χ2n) is 3.74. The van der Waals surface area contributed by atoms with Crippen LogP contribution in [-0.4, -0.2) is 22.5 Å². The van der Waals surface area contributed by atoms with E-state index >= 15 is 0 Å². The Balaban J connectivity index is 0. The summed E-state index contributed by atoms with van der Waals surface area (Å²) < 4.78 is 1.79. The van der Waals surface area contributed by atoms with Crippen molar-refractivity contribution in [2.45, 2.75) is 53.5 Å². The van der Waals surface area contributed by atoms with Crippen molar-refractivity contribution in [2.24, 2.45) is 4.99 Å². The van der Waals surface area contributed by atoms with Crippen LogP contribution in [0.15, 0.2) is 17.3 Å². The van der Waals surface area contributed by atoms with E-state index in [1.54, 1.807) is 16.9 Å². The molecule has 1 aromatic rings. The summed E-state index contributed by atoms with van der Waals surface area (Å²) in [5.74, 6) is 0.747. The third kappa shape index (κ3) is 11.0. The van der Waals surface area contributed by atoms with Crippen LogP contribution in [0.5, 0.6) is 0 Å². The SMILES string of the molecule is C.CCC=NCCCC#N.CCCn1nccc1N. The summed E-state index contributed by atoms with van der Waals surface area (Å²) in [5, 5.41) is 12.1. The van der Waals surface area contributed by atoms with Crippen LogP contribution in [-0.2, 0) is 6.54 Å². The molecule has 19 heavy (non-hydrogen) atoms. The Hall–Kier alpha value is -1.83. The van der Waals surface area contributed by atoms with Gasteiger partial charge >= 0.3 is 0 Å². The summed E-state index contributed by atoms with van der Waals surface area (Å²) >= 11 is 0. The molecule has 1 heterocycles. The number of nitrogen functional groups attached to an aromatic ring is 1. The molecular formula is C14H27N5. The van der Waals surface area contributed by atoms with Crippen molar-refractivity contribution >= 4 is 12.0 Å². The highest BCUT2D eigenvalue weighted by Crippen LogP contribution is 1.99. The van der Waals surface area contributed by atoms with Gasteiger partial charge in [0.1, 0.15) is 5.82 Å². The van der Waals surface area contributed by atoms with Crippen LogP contribution in [0.1, 0.15) is 47.0 Å². The number of rotatable bonds is 6. The minimum absolute atomic E-state index is 0. The zero-order chi connectivity index (χ0) is 13.6. The first-order valence-corrected chi connectivity index (χ1v) is 6.38. The van der Waals surface area contributed by atoms with Gasteiger partial charge in [-0.3, -0.25) is 9.67 Å². The fourth-order valence-electron chi connectivity index (χ4n) is 1.21. The topological polar surface area (TPSA) is 80.0 Å². The van der Waals surface area contributed by atoms with Gasteiger partial charge in [0, 0.05) is 19.5 Å². The van der Waals surface area contributed by atoms with Gasteiger partial charge in [-0.05, 0) is 31.5 Å². The van der Waals surface area contributed by atoms with Crippen molar-refractivity contribution in [3.63, 3.8) is 0 Å². The molecule has 0 saturated heterocycles. The number of aryl methyl sites for hydroxylation is 1. The number of nitrogens with zero attached hydrogens (tertiary/aromatic N) is 4. The van der Waals surface area contributed by atoms with Gasteiger partial charge in [-0.25, -0.2) is 0 Å². The Bertz CT molecular complexity index is 362. The van der Waals surface area contributed by atoms with Crippen LogP contribution in [0, 0.1) is 11.3 Å². The first-order valence-electron chi connectivity index (χ1n) is 6.38. The number of hydrogen-bond acceptors (Lipinski definition) is 4. The van der Waals surface area contributed by atoms with E-state index in [1.807, 2.05) is 13.1 Å². The van der Waals surface area contributed by atoms with Crippen molar-refractivity contribution in [1.82, 2.24) is 9.78 Å². The molecule has 0 radical (unpaired) electrons. The molecule has 0 unspecified atom stereocenters. The molecule has 2 N–H and O–H groups in total. The van der Waals surface area contributed by atoms with E-state index in [9.17, 15) is 0 Å². The molecule has 0 aliphatic carbocycles. The first kappa shape index (κ1) is 19.5. The van der Waals surface area contributed by atoms with Gasteiger partial charge in [0.2, 0.25) is 0 Å². The van der Waals surface area contributed by atoms with Gasteiger partial charge in [-0.15, -0.1) is 0 Å². The Morgan fingerprint density at radius 1 is 1.53 bits per heavy atom. The molecule has 1 rings (SSSR count). The van der Waals surface area contributed by atoms with Crippen LogP contribution >= 0.6 is 0 Å². The zero-order valence-corrected chi connectivity index (χ0v) is 11.3. The molecule has 1 aromatic heterocycles. The predicted molar refractivity (Wildman–Crippen MR) is 82.2 cm³/mol. The highest BCUT2D eigenvalue weighted by Gasteiger charge is 1.92. The fourth-order valence-corrected chi connectivity index (χ4v) is 1.21. The molecular weight excluding hydrogens is 238 g/mol. The van der Waals surface area contributed by atoms with Gasteiger partial charge in [0.25, 0.3) is 0 Å². The van der Waals surface area contributed by atoms with E-state index in [0.29, 0.717) is 6.42 Å². The third-order valence-corrected chi connectivity index (χ3v) is 2.07. The van der Waals surface area contributed by atoms with Crippen molar-refractivity contribution in [1.29, 1.82) is 5.26 Å². The molecule has 0 saturated carbocycles. The summed E-state index contributed by atoms with van der Waals surface area (Å²) in [6.07, 6.45) is 7.19. The minimum atomic E-state index is 0. The lowest BCUT2D eigenvalue weighted by molar-refractivity contribution is 0.611. The maximum Gasteiger partial charge on any atom is 0.121 e. The van der Waals surface area contributed by atoms with E-state index in [0.717, 1.165) is 38.2 Å². The molecule has 0 aliphatic heterocycles. The zero-order valence-electron chi connectivity index (χ0n) is 11.3. The lowest BCUT2D eigenvalue weighted by Crippen LogP contribution is -2.02. The van der Waals surface area contributed by atoms with Crippen molar-refractivity contribution in [3.8, 4) is 6.07 Å². The highest BCUT2D eigenvalue weighted by atomic mass is 15.3. The number of hydrogen-bond donors (Lipinski definition) is 1. The Kier molecular flexibility index (Phi) is 14.6. The van der Waals surface area contributed by atoms with Gasteiger partial charge in [0.15, 0.2) is 0 Å². The van der Waals surface area contributed by atoms with Crippen molar-refractivity contribution in [3.05, 3.63) is 12.3 Å². The lowest BCUT2D eigenvalue weighted by Gasteiger charge is -1.98. The molecule has 5 nitrogen and oxygen atoms in total. The number of unbranched alkanes of at least 4 members (excludes halogenated alkanes) is 1. The molecule has 0 amide bonds. The summed E-state index contributed by atoms with van der Waals surface area (Å²) in [4.78, 5) is 4.05. The Morgan fingerprint density at radius 3 is 2.74 bits per heavy atom. The van der Waals surface area contributed by atoms with E-state index in [2.05, 4.69) is 23.1 Å². The molecule has 0 spiro atoms. The minimum Gasteiger partial charge on any atom is -0.384 e. The van der Waals surface area contributed by atoms with E-state index in [-0.39, 0.29) is 7.43 Å². The maximum atomic E-state index is 8.12. The summed E-state index contributed by atoms with van der Waals surface area (Å²) in [5.41, 5.74) is 5.53. The fraction of sp³-hybridized carbons (Fsp3) is 0.643. The average molecular weight is 265 g/mol. The second kappa shape index (κ2) is 14.2. The van der Waals surface area contributed by atoms with Crippen molar-refractivity contribution in [2.75, 3.05) is 12.3 Å². The van der Waals surface area contributed by atoms with Gasteiger partial charge in [-0.2, -0.15) is 10.4 Å². The predicted octanol–water partition coefficient (Wildman–Crippen LogP) is 3.28. The van der Waals surface area contributed by atoms with Crippen LogP contribution in [0.25, 0.3) is 0 Å². The van der Waals surface area contributed by atoms with Crippen LogP contribution in [0.4, 0.5) is 5.82 Å². The van der Waals surface area contributed by atoms with E-state index in [4.69, 9.17) is 11.0 Å². The molecule has 0 atom stereocenters. The van der Waals surface area contributed by atoms with Crippen LogP contribution in [0.2, 0.25) is 0 Å². The number of aromatic nitrogens is 2. The molecule has 0 aliphatic rings. The maximum absolute atomic E-state index is 8.12. The molecule has 0 fully saturated rings. The van der Waals surface area contributed by atoms with Crippen molar-refractivity contribution < 1.29 is 0 Å². The number of nitriles is 1. The summed E-state index contributed by atoms with van der Waals surface area (Å²) in [6, 6.07) is 3.87. The van der Waals surface area contributed by atoms with E-state index < -0.39 is 0 Å². The van der Waals surface area contributed by atoms with Gasteiger partial charge < -0.3 is 5.73 Å². The Morgan fingerprint density at radius 2 is 2.26 bits per heavy atom.